The van der Waals surface area contributed by atoms with Crippen molar-refractivity contribution in [1.82, 2.24) is 0 Å². The predicted octanol–water partition coefficient (Wildman–Crippen LogP) is -4.31. The van der Waals surface area contributed by atoms with Crippen LogP contribution in [0, 0.1) is 7.43 Å². The van der Waals surface area contributed by atoms with Crippen molar-refractivity contribution < 1.29 is 108 Å². The first-order valence-electron chi connectivity index (χ1n) is 2.71. The van der Waals surface area contributed by atoms with Gasteiger partial charge in [-0.15, -0.1) is 12.3 Å². The van der Waals surface area contributed by atoms with Gasteiger partial charge >= 0.3 is 103 Å². The minimum atomic E-state index is -0.194. The molecule has 0 bridgehead atoms. The van der Waals surface area contributed by atoms with Gasteiger partial charge in [-0.1, -0.05) is 29.8 Å². The largest absolute Gasteiger partial charge is 1.00 e. The second-order valence-electron chi connectivity index (χ2n) is 1.84. The van der Waals surface area contributed by atoms with Gasteiger partial charge in [-0.3, -0.25) is 0 Å². The van der Waals surface area contributed by atoms with Crippen molar-refractivity contribution in [3.05, 3.63) is 43.0 Å². The van der Waals surface area contributed by atoms with Crippen molar-refractivity contribution in [2.24, 2.45) is 0 Å². The summed E-state index contributed by atoms with van der Waals surface area (Å²) in [7, 11) is 0. The molecule has 56 valence electrons. The molecule has 1 rings (SSSR count). The number of hydrogen-bond acceptors (Lipinski definition) is 1. The van der Waals surface area contributed by atoms with Gasteiger partial charge in [0, 0.05) is 0 Å². The molecule has 0 aliphatic rings. The third kappa shape index (κ3) is 7.64. The van der Waals surface area contributed by atoms with Gasteiger partial charge in [0.2, 0.25) is 0 Å². The molecule has 0 fully saturated rings. The zero-order valence-electron chi connectivity index (χ0n) is 7.92. The Labute approximate surface area is 159 Å². The van der Waals surface area contributed by atoms with E-state index >= 15 is 0 Å². The molecular weight excluding hydrogens is 204 g/mol. The maximum Gasteiger partial charge on any atom is 1.00 e. The summed E-state index contributed by atoms with van der Waals surface area (Å²) < 4.78 is 0. The molecule has 12 heavy (non-hydrogen) atoms. The Morgan fingerprint density at radius 2 is 1.50 bits per heavy atom. The molecule has 0 aliphatic carbocycles. The van der Waals surface area contributed by atoms with Crippen molar-refractivity contribution in [2.45, 2.75) is 6.61 Å². The Kier molecular flexibility index (Phi) is 18.7. The van der Waals surface area contributed by atoms with E-state index in [-0.39, 0.29) is 117 Å². The predicted molar refractivity (Wildman–Crippen MR) is 40.5 cm³/mol. The minimum Gasteiger partial charge on any atom is -0.851 e. The summed E-state index contributed by atoms with van der Waals surface area (Å²) in [6.07, 6.45) is 0. The summed E-state index contributed by atoms with van der Waals surface area (Å²) in [5.41, 5.74) is 8.26. The van der Waals surface area contributed by atoms with E-state index in [2.05, 4.69) is 0 Å². The Bertz CT molecular complexity index is 189. The van der Waals surface area contributed by atoms with Crippen LogP contribution in [0.4, 0.5) is 5.69 Å². The van der Waals surface area contributed by atoms with E-state index in [1.807, 2.05) is 0 Å². The van der Waals surface area contributed by atoms with Crippen molar-refractivity contribution >= 4 is 5.69 Å². The van der Waals surface area contributed by atoms with Gasteiger partial charge in [0.05, 0.1) is 0 Å². The van der Waals surface area contributed by atoms with Crippen molar-refractivity contribution in [1.29, 1.82) is 0 Å². The summed E-state index contributed by atoms with van der Waals surface area (Å²) in [5, 5.41) is 10.2. The summed E-state index contributed by atoms with van der Waals surface area (Å²) in [6.45, 7) is -0.194. The molecule has 0 aliphatic heterocycles. The van der Waals surface area contributed by atoms with Gasteiger partial charge in [0.15, 0.2) is 0 Å². The number of rotatable bonds is 1. The SMILES string of the molecule is [CH3-].[K+].[K+].[NH-]c1ccc(C[O-])cc1. The van der Waals surface area contributed by atoms with Gasteiger partial charge in [-0.2, -0.15) is 0 Å². The van der Waals surface area contributed by atoms with Crippen LogP contribution in [0.3, 0.4) is 0 Å². The molecule has 0 aromatic heterocycles. The molecule has 1 aromatic rings. The van der Waals surface area contributed by atoms with Crippen molar-refractivity contribution in [3.8, 4) is 0 Å². The maximum atomic E-state index is 10.2. The molecule has 0 atom stereocenters. The molecule has 0 unspecified atom stereocenters. The minimum absolute atomic E-state index is 0. The molecule has 0 saturated carbocycles. The fourth-order valence-electron chi connectivity index (χ4n) is 0.601. The first kappa shape index (κ1) is 19.8. The summed E-state index contributed by atoms with van der Waals surface area (Å²) in [6, 6.07) is 6.59. The number of hydrogen-bond donors (Lipinski definition) is 0. The fraction of sp³-hybridized carbons (Fsp3) is 0.125. The molecule has 4 heteroatoms. The Morgan fingerprint density at radius 3 is 1.83 bits per heavy atom. The molecule has 0 heterocycles. The van der Waals surface area contributed by atoms with Gasteiger partial charge in [0.1, 0.15) is 0 Å². The van der Waals surface area contributed by atoms with E-state index in [0.29, 0.717) is 5.69 Å². The van der Waals surface area contributed by atoms with Crippen LogP contribution in [0.15, 0.2) is 24.3 Å². The molecular formula is C8H10K2NO-. The Balaban J connectivity index is -0.000000270. The third-order valence-corrected chi connectivity index (χ3v) is 1.12. The molecule has 0 spiro atoms. The molecule has 0 radical (unpaired) electrons. The van der Waals surface area contributed by atoms with Crippen LogP contribution < -0.4 is 108 Å². The average molecular weight is 214 g/mol. The quantitative estimate of drug-likeness (QED) is 0.345. The molecule has 1 N–H and O–H groups in total. The van der Waals surface area contributed by atoms with Crippen LogP contribution >= 0.6 is 0 Å². The van der Waals surface area contributed by atoms with Crippen molar-refractivity contribution in [3.63, 3.8) is 0 Å². The van der Waals surface area contributed by atoms with E-state index in [4.69, 9.17) is 5.73 Å². The topological polar surface area (TPSA) is 46.9 Å². The normalized spacial score (nSPS) is 7.08. The van der Waals surface area contributed by atoms with Gasteiger partial charge in [-0.25, -0.2) is 0 Å². The smallest absolute Gasteiger partial charge is 0.851 e. The van der Waals surface area contributed by atoms with Gasteiger partial charge < -0.3 is 18.3 Å². The van der Waals surface area contributed by atoms with E-state index in [9.17, 15) is 5.11 Å². The van der Waals surface area contributed by atoms with E-state index in [1.165, 1.54) is 0 Å². The van der Waals surface area contributed by atoms with Crippen LogP contribution in [0.2, 0.25) is 0 Å². The molecule has 1 aromatic carbocycles. The van der Waals surface area contributed by atoms with Crippen LogP contribution in [-0.2, 0) is 6.61 Å². The second kappa shape index (κ2) is 11.3. The second-order valence-corrected chi connectivity index (χ2v) is 1.84. The van der Waals surface area contributed by atoms with Crippen LogP contribution in [0.1, 0.15) is 5.56 Å². The summed E-state index contributed by atoms with van der Waals surface area (Å²) in [4.78, 5) is 0. The zero-order chi connectivity index (χ0) is 6.69. The molecule has 0 saturated heterocycles. The van der Waals surface area contributed by atoms with Crippen molar-refractivity contribution in [2.75, 3.05) is 0 Å². The van der Waals surface area contributed by atoms with E-state index in [0.717, 1.165) is 5.56 Å². The summed E-state index contributed by atoms with van der Waals surface area (Å²) >= 11 is 0. The molecule has 0 amide bonds. The van der Waals surface area contributed by atoms with E-state index < -0.39 is 0 Å². The summed E-state index contributed by atoms with van der Waals surface area (Å²) in [5.74, 6) is 0. The van der Waals surface area contributed by atoms with E-state index in [1.54, 1.807) is 24.3 Å². The van der Waals surface area contributed by atoms with Crippen LogP contribution in [0.5, 0.6) is 0 Å². The number of nitrogens with one attached hydrogen (secondary N) is 1. The Hall–Kier alpha value is 2.25. The number of benzene rings is 1. The van der Waals surface area contributed by atoms with Crippen LogP contribution in [-0.4, -0.2) is 0 Å². The monoisotopic (exact) mass is 214 g/mol. The van der Waals surface area contributed by atoms with Crippen LogP contribution in [0.25, 0.3) is 5.73 Å². The zero-order valence-corrected chi connectivity index (χ0v) is 14.2. The first-order valence-corrected chi connectivity index (χ1v) is 2.71. The maximum absolute atomic E-state index is 10.2. The first-order chi connectivity index (χ1) is 4.33. The average Bonchev–Trinajstić information content (AvgIpc) is 1.90. The Morgan fingerprint density at radius 1 is 1.08 bits per heavy atom. The standard InChI is InChI=1S/C7H7NO.CH3.2K/c8-7-3-1-6(5-9)2-4-7;;;/h1-4,8H,5H2;1H3;;/q-2;-1;2*+1. The fourth-order valence-corrected chi connectivity index (χ4v) is 0.601. The van der Waals surface area contributed by atoms with Gasteiger partial charge in [-0.05, 0) is 0 Å². The molecule has 2 nitrogen and oxygen atoms in total. The van der Waals surface area contributed by atoms with Gasteiger partial charge in [0.25, 0.3) is 0 Å². The third-order valence-electron chi connectivity index (χ3n) is 1.12.